The van der Waals surface area contributed by atoms with Crippen LogP contribution in [0.3, 0.4) is 0 Å². The molecule has 5 nitrogen and oxygen atoms in total. The number of hydrogen-bond donors (Lipinski definition) is 2. The predicted octanol–water partition coefficient (Wildman–Crippen LogP) is 1.36. The van der Waals surface area contributed by atoms with Crippen LogP contribution in [0.5, 0.6) is 0 Å². The minimum Gasteiger partial charge on any atom is -0.480 e. The van der Waals surface area contributed by atoms with Crippen LogP contribution in [0.2, 0.25) is 0 Å². The zero-order valence-corrected chi connectivity index (χ0v) is 11.2. The number of carbonyl (C=O) groups is 2. The average molecular weight is 280 g/mol. The molecule has 1 heterocycles. The Labute approximate surface area is 116 Å². The summed E-state index contributed by atoms with van der Waals surface area (Å²) in [4.78, 5) is 23.5. The molecule has 1 aliphatic rings. The van der Waals surface area contributed by atoms with E-state index in [1.165, 1.54) is 0 Å². The van der Waals surface area contributed by atoms with Crippen LogP contribution in [-0.2, 0) is 9.59 Å². The fourth-order valence-electron chi connectivity index (χ4n) is 2.01. The number of carboxylic acids is 1. The van der Waals surface area contributed by atoms with Crippen LogP contribution in [-0.4, -0.2) is 40.4 Å². The number of benzene rings is 1. The van der Waals surface area contributed by atoms with Crippen LogP contribution < -0.4 is 5.32 Å². The van der Waals surface area contributed by atoms with Crippen molar-refractivity contribution in [1.82, 2.24) is 9.62 Å². The molecule has 0 bridgehead atoms. The Morgan fingerprint density at radius 2 is 2.11 bits per heavy atom. The van der Waals surface area contributed by atoms with Gasteiger partial charge in [0.05, 0.1) is 6.04 Å². The van der Waals surface area contributed by atoms with Crippen LogP contribution in [0.4, 0.5) is 0 Å². The van der Waals surface area contributed by atoms with Gasteiger partial charge in [-0.05, 0) is 36.9 Å². The van der Waals surface area contributed by atoms with Gasteiger partial charge in [-0.1, -0.05) is 18.2 Å². The minimum atomic E-state index is -1.02. The van der Waals surface area contributed by atoms with Gasteiger partial charge >= 0.3 is 5.97 Å². The number of aliphatic carboxylic acids is 1. The van der Waals surface area contributed by atoms with Crippen LogP contribution >= 0.6 is 11.9 Å². The van der Waals surface area contributed by atoms with E-state index in [0.717, 1.165) is 24.3 Å². The van der Waals surface area contributed by atoms with E-state index in [2.05, 4.69) is 5.32 Å². The first kappa shape index (κ1) is 13.9. The molecule has 0 aromatic heterocycles. The van der Waals surface area contributed by atoms with Crippen molar-refractivity contribution < 1.29 is 14.7 Å². The van der Waals surface area contributed by atoms with Crippen LogP contribution in [0.25, 0.3) is 0 Å². The molecule has 2 N–H and O–H groups in total. The number of carboxylic acid groups (broad SMARTS) is 1. The Morgan fingerprint density at radius 3 is 2.79 bits per heavy atom. The lowest BCUT2D eigenvalue weighted by Crippen LogP contribution is -2.42. The average Bonchev–Trinajstić information content (AvgIpc) is 2.85. The zero-order valence-electron chi connectivity index (χ0n) is 10.4. The van der Waals surface area contributed by atoms with E-state index in [4.69, 9.17) is 5.11 Å². The maximum Gasteiger partial charge on any atom is 0.322 e. The summed E-state index contributed by atoms with van der Waals surface area (Å²) in [5.74, 6) is -1.23. The lowest BCUT2D eigenvalue weighted by molar-refractivity contribution is -0.138. The van der Waals surface area contributed by atoms with Crippen LogP contribution in [0.1, 0.15) is 12.8 Å². The quantitative estimate of drug-likeness (QED) is 0.797. The predicted molar refractivity (Wildman–Crippen MR) is 72.7 cm³/mol. The number of nitrogens with zero attached hydrogens (tertiary/aromatic N) is 1. The van der Waals surface area contributed by atoms with E-state index in [0.29, 0.717) is 0 Å². The third-order valence-electron chi connectivity index (χ3n) is 2.89. The monoisotopic (exact) mass is 280 g/mol. The summed E-state index contributed by atoms with van der Waals surface area (Å²) in [6, 6.07) is 9.61. The van der Waals surface area contributed by atoms with Gasteiger partial charge < -0.3 is 10.4 Å². The number of rotatable bonds is 5. The Bertz CT molecular complexity index is 452. The van der Waals surface area contributed by atoms with Gasteiger partial charge in [-0.3, -0.25) is 9.59 Å². The van der Waals surface area contributed by atoms with E-state index < -0.39 is 5.97 Å². The largest absolute Gasteiger partial charge is 0.480 e. The molecule has 1 amide bonds. The summed E-state index contributed by atoms with van der Waals surface area (Å²) in [7, 11) is 0. The summed E-state index contributed by atoms with van der Waals surface area (Å²) in [5, 5.41) is 11.0. The van der Waals surface area contributed by atoms with E-state index in [9.17, 15) is 9.59 Å². The molecule has 2 rings (SSSR count). The van der Waals surface area contributed by atoms with E-state index in [1.807, 2.05) is 34.6 Å². The molecule has 0 saturated carbocycles. The van der Waals surface area contributed by atoms with Crippen molar-refractivity contribution in [3.05, 3.63) is 30.3 Å². The summed E-state index contributed by atoms with van der Waals surface area (Å²) in [6.45, 7) is 0.518. The molecule has 1 fully saturated rings. The van der Waals surface area contributed by atoms with Gasteiger partial charge in [0.25, 0.3) is 0 Å². The first-order chi connectivity index (χ1) is 9.16. The van der Waals surface area contributed by atoms with Gasteiger partial charge in [-0.15, -0.1) is 0 Å². The van der Waals surface area contributed by atoms with Crippen molar-refractivity contribution >= 4 is 23.8 Å². The Hall–Kier alpha value is -1.53. The first-order valence-corrected chi connectivity index (χ1v) is 6.93. The summed E-state index contributed by atoms with van der Waals surface area (Å²) < 4.78 is 2.02. The fourth-order valence-corrected chi connectivity index (χ4v) is 3.11. The Morgan fingerprint density at radius 1 is 1.37 bits per heavy atom. The standard InChI is InChI=1S/C13H16N2O3S/c16-12(17)9-14-13(18)11-7-4-8-15(11)19-10-5-2-1-3-6-10/h1-3,5-6,11H,4,7-9H2,(H,14,18)(H,16,17). The third kappa shape index (κ3) is 3.97. The lowest BCUT2D eigenvalue weighted by atomic mass is 10.2. The second kappa shape index (κ2) is 6.58. The van der Waals surface area contributed by atoms with Gasteiger partial charge in [0.2, 0.25) is 5.91 Å². The molecule has 1 unspecified atom stereocenters. The molecule has 19 heavy (non-hydrogen) atoms. The maximum absolute atomic E-state index is 11.9. The number of hydrogen-bond acceptors (Lipinski definition) is 4. The highest BCUT2D eigenvalue weighted by Crippen LogP contribution is 2.30. The van der Waals surface area contributed by atoms with E-state index in [-0.39, 0.29) is 18.5 Å². The number of carbonyl (C=O) groups excluding carboxylic acids is 1. The molecule has 1 aromatic carbocycles. The molecule has 1 aliphatic heterocycles. The van der Waals surface area contributed by atoms with Gasteiger partial charge in [-0.2, -0.15) is 0 Å². The maximum atomic E-state index is 11.9. The van der Waals surface area contributed by atoms with Crippen molar-refractivity contribution in [3.63, 3.8) is 0 Å². The van der Waals surface area contributed by atoms with Gasteiger partial charge in [0, 0.05) is 11.4 Å². The topological polar surface area (TPSA) is 69.6 Å². The molecule has 0 aliphatic carbocycles. The SMILES string of the molecule is O=C(O)CNC(=O)C1CCCN1Sc1ccccc1. The Kier molecular flexibility index (Phi) is 4.81. The molecule has 0 radical (unpaired) electrons. The van der Waals surface area contributed by atoms with Gasteiger partial charge in [0.15, 0.2) is 0 Å². The normalized spacial score (nSPS) is 19.3. The van der Waals surface area contributed by atoms with Crippen molar-refractivity contribution in [1.29, 1.82) is 0 Å². The van der Waals surface area contributed by atoms with Crippen molar-refractivity contribution in [2.45, 2.75) is 23.8 Å². The first-order valence-electron chi connectivity index (χ1n) is 6.16. The van der Waals surface area contributed by atoms with E-state index in [1.54, 1.807) is 11.9 Å². The van der Waals surface area contributed by atoms with Crippen LogP contribution in [0.15, 0.2) is 35.2 Å². The molecule has 1 aromatic rings. The van der Waals surface area contributed by atoms with Crippen molar-refractivity contribution in [2.75, 3.05) is 13.1 Å². The highest BCUT2D eigenvalue weighted by molar-refractivity contribution is 7.97. The van der Waals surface area contributed by atoms with Crippen molar-refractivity contribution in [2.24, 2.45) is 0 Å². The zero-order chi connectivity index (χ0) is 13.7. The number of nitrogens with one attached hydrogen (secondary N) is 1. The number of amides is 1. The Balaban J connectivity index is 1.93. The van der Waals surface area contributed by atoms with Gasteiger partial charge in [0.1, 0.15) is 6.54 Å². The fraction of sp³-hybridized carbons (Fsp3) is 0.385. The van der Waals surface area contributed by atoms with Crippen LogP contribution in [0, 0.1) is 0 Å². The lowest BCUT2D eigenvalue weighted by Gasteiger charge is -2.22. The minimum absolute atomic E-state index is 0.205. The second-order valence-electron chi connectivity index (χ2n) is 4.31. The van der Waals surface area contributed by atoms with Gasteiger partial charge in [-0.25, -0.2) is 4.31 Å². The summed E-state index contributed by atoms with van der Waals surface area (Å²) >= 11 is 1.55. The summed E-state index contributed by atoms with van der Waals surface area (Å²) in [5.41, 5.74) is 0. The molecule has 0 spiro atoms. The molecule has 102 valence electrons. The van der Waals surface area contributed by atoms with Crippen molar-refractivity contribution in [3.8, 4) is 0 Å². The smallest absolute Gasteiger partial charge is 0.322 e. The summed E-state index contributed by atoms with van der Waals surface area (Å²) in [6.07, 6.45) is 1.72. The molecule has 1 atom stereocenters. The highest BCUT2D eigenvalue weighted by atomic mass is 32.2. The molecular weight excluding hydrogens is 264 g/mol. The molecule has 1 saturated heterocycles. The molecular formula is C13H16N2O3S. The second-order valence-corrected chi connectivity index (χ2v) is 5.44. The molecule has 6 heteroatoms. The highest BCUT2D eigenvalue weighted by Gasteiger charge is 2.31. The van der Waals surface area contributed by atoms with E-state index >= 15 is 0 Å². The third-order valence-corrected chi connectivity index (χ3v) is 4.04.